The Hall–Kier alpha value is -3.63. The van der Waals surface area contributed by atoms with E-state index in [4.69, 9.17) is 55.4 Å². The summed E-state index contributed by atoms with van der Waals surface area (Å²) in [4.78, 5) is 48.2. The number of nitrogens with one attached hydrogen (secondary N) is 1. The lowest BCUT2D eigenvalue weighted by Crippen LogP contribution is -2.36. The number of phosphoric ester groups is 1. The van der Waals surface area contributed by atoms with Crippen molar-refractivity contribution in [2.45, 2.75) is 36.9 Å². The largest absolute Gasteiger partial charge is 0.780 e. The SMILES string of the molecule is COP1(=O)OCC2OC(n3cnc4c(=O)[nH]c(N)nc43)C(OP([O-])(=S)OCC3=C(O1)C(F)C(n1cnc4c(N)ncnc41)O3)C2O. The van der Waals surface area contributed by atoms with Crippen LogP contribution in [0.1, 0.15) is 12.5 Å². The van der Waals surface area contributed by atoms with Crippen molar-refractivity contribution in [2.75, 3.05) is 31.8 Å². The van der Waals surface area contributed by atoms with E-state index < -0.39 is 81.8 Å². The molecule has 1 saturated heterocycles. The van der Waals surface area contributed by atoms with E-state index in [1.807, 2.05) is 0 Å². The lowest BCUT2D eigenvalue weighted by molar-refractivity contribution is -0.216. The highest BCUT2D eigenvalue weighted by Crippen LogP contribution is 2.56. The number of phosphoric acid groups is 1. The minimum absolute atomic E-state index is 0.0214. The minimum Gasteiger partial charge on any atom is -0.780 e. The van der Waals surface area contributed by atoms with Crippen molar-refractivity contribution in [3.63, 3.8) is 0 Å². The van der Waals surface area contributed by atoms with Crippen molar-refractivity contribution >= 4 is 60.4 Å². The number of rotatable bonds is 3. The zero-order valence-corrected chi connectivity index (χ0v) is 25.7. The van der Waals surface area contributed by atoms with Gasteiger partial charge in [-0.05, 0) is 0 Å². The number of imidazole rings is 2. The van der Waals surface area contributed by atoms with Gasteiger partial charge in [-0.1, -0.05) is 11.8 Å². The molecular weight excluding hydrogens is 681 g/mol. The van der Waals surface area contributed by atoms with Gasteiger partial charge in [0.1, 0.15) is 49.8 Å². The number of hydrogen-bond donors (Lipinski definition) is 4. The second-order valence-electron chi connectivity index (χ2n) is 9.92. The molecule has 246 valence electrons. The van der Waals surface area contributed by atoms with Gasteiger partial charge >= 0.3 is 7.82 Å². The summed E-state index contributed by atoms with van der Waals surface area (Å²) in [6.45, 7) is -6.11. The van der Waals surface area contributed by atoms with Crippen LogP contribution in [0.2, 0.25) is 0 Å². The summed E-state index contributed by atoms with van der Waals surface area (Å²) in [5.74, 6) is -1.37. The number of nitrogen functional groups attached to an aromatic ring is 2. The Morgan fingerprint density at radius 2 is 1.89 bits per heavy atom. The molecule has 46 heavy (non-hydrogen) atoms. The maximum Gasteiger partial charge on any atom is 0.529 e. The number of aliphatic hydroxyl groups excluding tert-OH is 1. The predicted octanol–water partition coefficient (Wildman–Crippen LogP) is -0.751. The molecule has 7 rings (SSSR count). The number of nitrogens with two attached hydrogens (primary N) is 2. The van der Waals surface area contributed by atoms with Gasteiger partial charge in [-0.25, -0.2) is 28.9 Å². The molecule has 0 aliphatic carbocycles. The van der Waals surface area contributed by atoms with Crippen molar-refractivity contribution in [1.29, 1.82) is 0 Å². The van der Waals surface area contributed by atoms with Crippen LogP contribution in [0.4, 0.5) is 16.2 Å². The number of H-pyrrole nitrogens is 1. The highest BCUT2D eigenvalue weighted by molar-refractivity contribution is 8.06. The second kappa shape index (κ2) is 11.3. The quantitative estimate of drug-likeness (QED) is 0.191. The summed E-state index contributed by atoms with van der Waals surface area (Å²) in [7, 11) is -3.70. The van der Waals surface area contributed by atoms with Crippen LogP contribution in [0.3, 0.4) is 0 Å². The molecule has 21 nitrogen and oxygen atoms in total. The van der Waals surface area contributed by atoms with Crippen LogP contribution in [0.5, 0.6) is 0 Å². The number of halogens is 1. The van der Waals surface area contributed by atoms with Gasteiger partial charge in [0, 0.05) is 7.11 Å². The number of fused-ring (bicyclic) bond motifs is 4. The van der Waals surface area contributed by atoms with Crippen molar-refractivity contribution in [2.24, 2.45) is 0 Å². The van der Waals surface area contributed by atoms with Gasteiger partial charge in [0.15, 0.2) is 40.4 Å². The van der Waals surface area contributed by atoms with E-state index in [-0.39, 0.29) is 34.1 Å². The van der Waals surface area contributed by atoms with Crippen LogP contribution in [0.15, 0.2) is 35.3 Å². The summed E-state index contributed by atoms with van der Waals surface area (Å²) in [5.41, 5.74) is 10.9. The Labute approximate surface area is 260 Å². The van der Waals surface area contributed by atoms with Gasteiger partial charge in [0.05, 0.1) is 12.9 Å². The van der Waals surface area contributed by atoms with E-state index >= 15 is 4.39 Å². The molecule has 7 heterocycles. The number of hydrogen-bond acceptors (Lipinski definition) is 19. The first-order chi connectivity index (χ1) is 21.9. The third-order valence-electron chi connectivity index (χ3n) is 7.17. The van der Waals surface area contributed by atoms with Gasteiger partial charge in [0.25, 0.3) is 5.56 Å². The first-order valence-corrected chi connectivity index (χ1v) is 17.1. The van der Waals surface area contributed by atoms with E-state index in [1.165, 1.54) is 15.5 Å². The zero-order chi connectivity index (χ0) is 32.5. The summed E-state index contributed by atoms with van der Waals surface area (Å²) < 4.78 is 70.4. The van der Waals surface area contributed by atoms with Crippen molar-refractivity contribution in [3.05, 3.63) is 40.9 Å². The van der Waals surface area contributed by atoms with E-state index in [2.05, 4.69) is 29.9 Å². The number of ether oxygens (including phenoxy) is 2. The van der Waals surface area contributed by atoms with E-state index in [0.29, 0.717) is 0 Å². The van der Waals surface area contributed by atoms with Gasteiger partial charge in [-0.3, -0.25) is 28.0 Å². The molecule has 3 aliphatic rings. The minimum atomic E-state index is -4.67. The lowest BCUT2D eigenvalue weighted by Gasteiger charge is -2.33. The van der Waals surface area contributed by atoms with Crippen LogP contribution < -0.4 is 21.9 Å². The summed E-state index contributed by atoms with van der Waals surface area (Å²) in [6.07, 6.45) is -6.28. The van der Waals surface area contributed by atoms with E-state index in [9.17, 15) is 19.4 Å². The standard InChI is InChI=1S/C21H23FN10O11P2S/c1-37-44(35)38-2-7-12(33)14(20(40-7)32-6-28-11-17(32)29-21(24)30-18(11)34)43-45(36,46)39-3-8-13(42-44)9(22)19(41-8)31-5-27-10-15(23)25-4-26-16(10)31/h4-7,9,12,14,19-20,33H,2-3H2,1H3,(H,36,46)(H2,23,25,26)(H3,24,29,30,34)/p-1. The monoisotopic (exact) mass is 703 g/mol. The van der Waals surface area contributed by atoms with Gasteiger partial charge in [-0.2, -0.15) is 4.98 Å². The van der Waals surface area contributed by atoms with Crippen molar-refractivity contribution in [3.8, 4) is 0 Å². The van der Waals surface area contributed by atoms with E-state index in [1.54, 1.807) is 0 Å². The maximum absolute atomic E-state index is 16.0. The molecule has 4 aromatic rings. The Kier molecular flexibility index (Phi) is 7.59. The van der Waals surface area contributed by atoms with Crippen LogP contribution in [-0.4, -0.2) is 89.0 Å². The predicted molar refractivity (Wildman–Crippen MR) is 151 cm³/mol. The van der Waals surface area contributed by atoms with E-state index in [0.717, 1.165) is 19.8 Å². The smallest absolute Gasteiger partial charge is 0.529 e. The molecule has 4 aromatic heterocycles. The highest BCUT2D eigenvalue weighted by atomic mass is 32.5. The third-order valence-corrected chi connectivity index (χ3v) is 10.0. The number of aromatic amines is 1. The molecule has 1 fully saturated rings. The molecule has 0 aromatic carbocycles. The molecule has 8 atom stereocenters. The molecule has 0 spiro atoms. The molecule has 6 N–H and O–H groups in total. The maximum atomic E-state index is 16.0. The fraction of sp³-hybridized carbons (Fsp3) is 0.429. The fourth-order valence-corrected chi connectivity index (χ4v) is 7.37. The van der Waals surface area contributed by atoms with Gasteiger partial charge in [-0.15, -0.1) is 0 Å². The molecule has 0 amide bonds. The molecular formula is C21H22FN10O11P2S-. The summed E-state index contributed by atoms with van der Waals surface area (Å²) in [5, 5.41) is 11.1. The van der Waals surface area contributed by atoms with Gasteiger partial charge < -0.3 is 44.5 Å². The molecule has 2 bridgehead atoms. The second-order valence-corrected chi connectivity index (χ2v) is 14.3. The molecule has 8 unspecified atom stereocenters. The van der Waals surface area contributed by atoms with Gasteiger partial charge in [0.2, 0.25) is 18.3 Å². The van der Waals surface area contributed by atoms with Crippen LogP contribution in [0, 0.1) is 0 Å². The van der Waals surface area contributed by atoms with Crippen LogP contribution >= 0.6 is 14.5 Å². The number of alkyl halides is 1. The van der Waals surface area contributed by atoms with Crippen molar-refractivity contribution < 1.29 is 51.0 Å². The number of aliphatic hydroxyl groups is 1. The zero-order valence-electron chi connectivity index (χ0n) is 23.1. The summed E-state index contributed by atoms with van der Waals surface area (Å²) >= 11 is 5.10. The highest BCUT2D eigenvalue weighted by Gasteiger charge is 2.50. The van der Waals surface area contributed by atoms with Crippen molar-refractivity contribution in [1.82, 2.24) is 39.0 Å². The molecule has 3 aliphatic heterocycles. The average molecular weight is 703 g/mol. The Morgan fingerprint density at radius 3 is 2.65 bits per heavy atom. The first-order valence-electron chi connectivity index (χ1n) is 13.0. The fourth-order valence-electron chi connectivity index (χ4n) is 5.05. The lowest BCUT2D eigenvalue weighted by atomic mass is 10.1. The van der Waals surface area contributed by atoms with Crippen LogP contribution in [-0.2, 0) is 48.5 Å². The Bertz CT molecular complexity index is 2040. The topological polar surface area (TPSA) is 284 Å². The third kappa shape index (κ3) is 5.23. The molecule has 25 heteroatoms. The molecule has 0 saturated carbocycles. The molecule has 0 radical (unpaired) electrons. The normalized spacial score (nSPS) is 33.7. The number of anilines is 2. The Morgan fingerprint density at radius 1 is 1.15 bits per heavy atom. The number of aromatic nitrogens is 8. The first kappa shape index (κ1) is 31.0. The summed E-state index contributed by atoms with van der Waals surface area (Å²) in [6, 6.07) is 0. The number of nitrogens with zero attached hydrogens (tertiary/aromatic N) is 7. The van der Waals surface area contributed by atoms with Crippen LogP contribution in [0.25, 0.3) is 22.3 Å². The average Bonchev–Trinajstić information content (AvgIpc) is 3.77. The Balaban J connectivity index is 1.23.